The Balaban J connectivity index is 1.44. The van der Waals surface area contributed by atoms with Crippen LogP contribution in [-0.2, 0) is 0 Å². The van der Waals surface area contributed by atoms with Crippen molar-refractivity contribution in [2.75, 3.05) is 0 Å². The fraction of sp³-hybridized carbons (Fsp3) is 0.545. The molecule has 0 heterocycles. The van der Waals surface area contributed by atoms with Crippen molar-refractivity contribution >= 4 is 10.8 Å². The summed E-state index contributed by atoms with van der Waals surface area (Å²) in [5, 5.41) is 12.0. The number of benzene rings is 2. The van der Waals surface area contributed by atoms with E-state index >= 15 is 0 Å². The van der Waals surface area contributed by atoms with E-state index in [4.69, 9.17) is 0 Å². The normalized spacial score (nSPS) is 26.4. The lowest BCUT2D eigenvalue weighted by Gasteiger charge is -2.36. The van der Waals surface area contributed by atoms with Crippen molar-refractivity contribution in [2.24, 2.45) is 11.8 Å². The molecule has 0 radical (unpaired) electrons. The highest BCUT2D eigenvalue weighted by molar-refractivity contribution is 5.84. The minimum Gasteiger partial charge on any atom is -0.508 e. The van der Waals surface area contributed by atoms with Gasteiger partial charge >= 0.3 is 0 Å². The fourth-order valence-corrected chi connectivity index (χ4v) is 5.04. The van der Waals surface area contributed by atoms with Crippen molar-refractivity contribution in [3.63, 3.8) is 0 Å². The molecule has 0 atom stereocenters. The minimum atomic E-state index is 0.359. The summed E-state index contributed by atoms with van der Waals surface area (Å²) in [5.74, 6) is 3.14. The molecule has 0 unspecified atom stereocenters. The Kier molecular flexibility index (Phi) is 4.29. The zero-order valence-corrected chi connectivity index (χ0v) is 14.0. The summed E-state index contributed by atoms with van der Waals surface area (Å²) in [6.07, 6.45) is 13.0. The van der Waals surface area contributed by atoms with Crippen molar-refractivity contribution in [1.82, 2.24) is 0 Å². The van der Waals surface area contributed by atoms with E-state index in [0.29, 0.717) is 5.75 Å². The van der Waals surface area contributed by atoms with Crippen LogP contribution in [0.2, 0.25) is 0 Å². The zero-order valence-electron chi connectivity index (χ0n) is 14.0. The van der Waals surface area contributed by atoms with E-state index in [1.807, 2.05) is 12.1 Å². The smallest absolute Gasteiger partial charge is 0.116 e. The molecule has 0 spiro atoms. The highest BCUT2D eigenvalue weighted by Crippen LogP contribution is 2.43. The average Bonchev–Trinajstić information content (AvgIpc) is 2.62. The van der Waals surface area contributed by atoms with E-state index in [2.05, 4.69) is 18.2 Å². The number of rotatable bonds is 2. The van der Waals surface area contributed by atoms with Crippen LogP contribution in [0.3, 0.4) is 0 Å². The standard InChI is InChI=1S/C22H28O/c23-22-13-12-20-14-19(10-11-21(20)15-22)18-8-6-17(7-9-18)16-4-2-1-3-5-16/h10-18,23H,1-9H2. The average molecular weight is 308 g/mol. The minimum absolute atomic E-state index is 0.359. The molecule has 2 fully saturated rings. The van der Waals surface area contributed by atoms with Crippen molar-refractivity contribution in [3.8, 4) is 5.75 Å². The third-order valence-corrected chi connectivity index (χ3v) is 6.41. The Bertz CT molecular complexity index is 661. The molecule has 1 N–H and O–H groups in total. The highest BCUT2D eigenvalue weighted by atomic mass is 16.3. The SMILES string of the molecule is Oc1ccc2cc(C3CCC(C4CCCCC4)CC3)ccc2c1. The first-order valence-corrected chi connectivity index (χ1v) is 9.52. The van der Waals surface area contributed by atoms with Gasteiger partial charge in [0.05, 0.1) is 0 Å². The summed E-state index contributed by atoms with van der Waals surface area (Å²) < 4.78 is 0. The van der Waals surface area contributed by atoms with Crippen LogP contribution in [0, 0.1) is 11.8 Å². The summed E-state index contributed by atoms with van der Waals surface area (Å²) in [4.78, 5) is 0. The lowest BCUT2D eigenvalue weighted by molar-refractivity contribution is 0.186. The Morgan fingerprint density at radius 2 is 1.30 bits per heavy atom. The third kappa shape index (κ3) is 3.24. The van der Waals surface area contributed by atoms with Gasteiger partial charge in [0.25, 0.3) is 0 Å². The zero-order chi connectivity index (χ0) is 15.6. The van der Waals surface area contributed by atoms with Crippen LogP contribution in [-0.4, -0.2) is 5.11 Å². The molecule has 0 aromatic heterocycles. The molecule has 2 aromatic rings. The fourth-order valence-electron chi connectivity index (χ4n) is 5.04. The number of hydrogen-bond donors (Lipinski definition) is 1. The summed E-state index contributed by atoms with van der Waals surface area (Å²) >= 11 is 0. The molecule has 2 aliphatic carbocycles. The maximum atomic E-state index is 9.60. The largest absolute Gasteiger partial charge is 0.508 e. The number of phenols is 1. The maximum Gasteiger partial charge on any atom is 0.116 e. The van der Waals surface area contributed by atoms with Crippen LogP contribution in [0.1, 0.15) is 69.3 Å². The van der Waals surface area contributed by atoms with Gasteiger partial charge in [0, 0.05) is 0 Å². The van der Waals surface area contributed by atoms with Gasteiger partial charge in [0.2, 0.25) is 0 Å². The Labute approximate surface area is 139 Å². The molecule has 2 aromatic carbocycles. The predicted octanol–water partition coefficient (Wildman–Crippen LogP) is 6.40. The second-order valence-electron chi connectivity index (χ2n) is 7.80. The molecule has 1 nitrogen and oxygen atoms in total. The molecule has 2 aliphatic rings. The van der Waals surface area contributed by atoms with Crippen LogP contribution >= 0.6 is 0 Å². The molecule has 122 valence electrons. The summed E-state index contributed by atoms with van der Waals surface area (Å²) in [7, 11) is 0. The van der Waals surface area contributed by atoms with Crippen molar-refractivity contribution in [2.45, 2.75) is 63.7 Å². The lowest BCUT2D eigenvalue weighted by atomic mass is 9.70. The Morgan fingerprint density at radius 3 is 2.09 bits per heavy atom. The monoisotopic (exact) mass is 308 g/mol. The summed E-state index contributed by atoms with van der Waals surface area (Å²) in [5.41, 5.74) is 1.50. The molecular formula is C22H28O. The topological polar surface area (TPSA) is 20.2 Å². The Morgan fingerprint density at radius 1 is 0.652 bits per heavy atom. The van der Waals surface area contributed by atoms with Crippen molar-refractivity contribution < 1.29 is 5.11 Å². The first-order chi connectivity index (χ1) is 11.3. The van der Waals surface area contributed by atoms with Crippen LogP contribution in [0.15, 0.2) is 36.4 Å². The molecular weight excluding hydrogens is 280 g/mol. The molecule has 2 saturated carbocycles. The van der Waals surface area contributed by atoms with Gasteiger partial charge in [0.15, 0.2) is 0 Å². The molecule has 0 amide bonds. The summed E-state index contributed by atoms with van der Waals surface area (Å²) in [6.45, 7) is 0. The first-order valence-electron chi connectivity index (χ1n) is 9.52. The van der Waals surface area contributed by atoms with E-state index < -0.39 is 0 Å². The maximum absolute atomic E-state index is 9.60. The lowest BCUT2D eigenvalue weighted by Crippen LogP contribution is -2.23. The van der Waals surface area contributed by atoms with E-state index in [1.54, 1.807) is 6.07 Å². The van der Waals surface area contributed by atoms with Crippen LogP contribution in [0.4, 0.5) is 0 Å². The third-order valence-electron chi connectivity index (χ3n) is 6.41. The van der Waals surface area contributed by atoms with Crippen molar-refractivity contribution in [1.29, 1.82) is 0 Å². The molecule has 1 heteroatoms. The van der Waals surface area contributed by atoms with E-state index in [-0.39, 0.29) is 0 Å². The predicted molar refractivity (Wildman–Crippen MR) is 96.9 cm³/mol. The van der Waals surface area contributed by atoms with Crippen LogP contribution in [0.5, 0.6) is 5.75 Å². The first kappa shape index (κ1) is 15.1. The molecule has 4 rings (SSSR count). The molecule has 0 bridgehead atoms. The molecule has 0 saturated heterocycles. The quantitative estimate of drug-likeness (QED) is 0.680. The molecule has 0 aliphatic heterocycles. The van der Waals surface area contributed by atoms with E-state index in [9.17, 15) is 5.11 Å². The number of phenolic OH excluding ortho intramolecular Hbond substituents is 1. The van der Waals surface area contributed by atoms with Gasteiger partial charge in [-0.1, -0.05) is 56.4 Å². The highest BCUT2D eigenvalue weighted by Gasteiger charge is 2.29. The van der Waals surface area contributed by atoms with Gasteiger partial charge in [-0.15, -0.1) is 0 Å². The number of aromatic hydroxyl groups is 1. The Hall–Kier alpha value is -1.50. The van der Waals surface area contributed by atoms with Crippen LogP contribution < -0.4 is 0 Å². The van der Waals surface area contributed by atoms with E-state index in [0.717, 1.165) is 23.1 Å². The van der Waals surface area contributed by atoms with Gasteiger partial charge in [-0.25, -0.2) is 0 Å². The van der Waals surface area contributed by atoms with E-state index in [1.165, 1.54) is 68.7 Å². The number of hydrogen-bond acceptors (Lipinski definition) is 1. The van der Waals surface area contributed by atoms with Crippen LogP contribution in [0.25, 0.3) is 10.8 Å². The second kappa shape index (κ2) is 6.55. The van der Waals surface area contributed by atoms with Gasteiger partial charge in [-0.2, -0.15) is 0 Å². The van der Waals surface area contributed by atoms with Gasteiger partial charge in [-0.05, 0) is 71.9 Å². The van der Waals surface area contributed by atoms with Gasteiger partial charge in [-0.3, -0.25) is 0 Å². The number of fused-ring (bicyclic) bond motifs is 1. The summed E-state index contributed by atoms with van der Waals surface area (Å²) in [6, 6.07) is 12.5. The van der Waals surface area contributed by atoms with Crippen molar-refractivity contribution in [3.05, 3.63) is 42.0 Å². The molecule has 23 heavy (non-hydrogen) atoms. The van der Waals surface area contributed by atoms with Gasteiger partial charge in [0.1, 0.15) is 5.75 Å². The second-order valence-corrected chi connectivity index (χ2v) is 7.80. The van der Waals surface area contributed by atoms with Gasteiger partial charge < -0.3 is 5.11 Å².